The van der Waals surface area contributed by atoms with Gasteiger partial charge in [0.2, 0.25) is 5.91 Å². The summed E-state index contributed by atoms with van der Waals surface area (Å²) in [6, 6.07) is 4.27. The molecule has 0 saturated carbocycles. The zero-order valence-corrected chi connectivity index (χ0v) is 16.5. The molecule has 0 bridgehead atoms. The molecule has 3 rings (SSSR count). The molecule has 2 fully saturated rings. The fourth-order valence-electron chi connectivity index (χ4n) is 3.87. The molecule has 0 radical (unpaired) electrons. The van der Waals surface area contributed by atoms with Crippen molar-refractivity contribution in [2.45, 2.75) is 32.2 Å². The predicted molar refractivity (Wildman–Crippen MR) is 106 cm³/mol. The molecule has 6 nitrogen and oxygen atoms in total. The number of hydrogen-bond donors (Lipinski definition) is 2. The molecule has 2 unspecified atom stereocenters. The molecule has 2 aliphatic rings. The number of nitrogens with zero attached hydrogens (tertiary/aromatic N) is 3. The molecule has 2 heterocycles. The number of hydrogen-bond acceptors (Lipinski definition) is 3. The number of halogens is 2. The minimum absolute atomic E-state index is 0.190. The largest absolute Gasteiger partial charge is 0.371 e. The van der Waals surface area contributed by atoms with Crippen LogP contribution in [0.25, 0.3) is 0 Å². The minimum Gasteiger partial charge on any atom is -0.371 e. The Morgan fingerprint density at radius 1 is 1.21 bits per heavy atom. The minimum atomic E-state index is -0.817. The molecule has 2 N–H and O–H groups in total. The van der Waals surface area contributed by atoms with Crippen LogP contribution in [0.4, 0.5) is 14.5 Å². The maximum absolute atomic E-state index is 13.5. The number of rotatable bonds is 5. The molecule has 154 valence electrons. The number of carbonyl (C=O) groups excluding carboxylic acids is 1. The van der Waals surface area contributed by atoms with Crippen molar-refractivity contribution in [1.29, 1.82) is 0 Å². The van der Waals surface area contributed by atoms with Gasteiger partial charge in [-0.3, -0.25) is 9.79 Å². The van der Waals surface area contributed by atoms with Gasteiger partial charge in [-0.05, 0) is 30.9 Å². The van der Waals surface area contributed by atoms with Gasteiger partial charge in [-0.2, -0.15) is 0 Å². The zero-order valence-electron chi connectivity index (χ0n) is 16.5. The topological polar surface area (TPSA) is 60.0 Å². The van der Waals surface area contributed by atoms with Crippen molar-refractivity contribution < 1.29 is 13.6 Å². The summed E-state index contributed by atoms with van der Waals surface area (Å²) in [7, 11) is 1.74. The third kappa shape index (κ3) is 4.91. The van der Waals surface area contributed by atoms with E-state index in [4.69, 9.17) is 0 Å². The van der Waals surface area contributed by atoms with Gasteiger partial charge in [-0.1, -0.05) is 6.92 Å². The van der Waals surface area contributed by atoms with Crippen molar-refractivity contribution in [1.82, 2.24) is 15.5 Å². The molecule has 2 aliphatic heterocycles. The second kappa shape index (κ2) is 9.21. The third-order valence-electron chi connectivity index (χ3n) is 5.52. The first kappa shape index (κ1) is 20.4. The van der Waals surface area contributed by atoms with E-state index >= 15 is 0 Å². The Morgan fingerprint density at radius 2 is 2.04 bits per heavy atom. The van der Waals surface area contributed by atoms with E-state index in [0.29, 0.717) is 18.9 Å². The van der Waals surface area contributed by atoms with Gasteiger partial charge in [-0.15, -0.1) is 0 Å². The first-order chi connectivity index (χ1) is 13.5. The van der Waals surface area contributed by atoms with Crippen LogP contribution in [0.1, 0.15) is 26.2 Å². The van der Waals surface area contributed by atoms with Crippen molar-refractivity contribution >= 4 is 17.6 Å². The van der Waals surface area contributed by atoms with Gasteiger partial charge in [0.15, 0.2) is 17.6 Å². The number of guanidine groups is 1. The van der Waals surface area contributed by atoms with Gasteiger partial charge in [-0.25, -0.2) is 8.78 Å². The van der Waals surface area contributed by atoms with Crippen LogP contribution in [0.5, 0.6) is 0 Å². The first-order valence-corrected chi connectivity index (χ1v) is 9.95. The van der Waals surface area contributed by atoms with E-state index in [1.54, 1.807) is 13.1 Å². The lowest BCUT2D eigenvalue weighted by molar-refractivity contribution is -0.129. The second-order valence-electron chi connectivity index (χ2n) is 7.48. The van der Waals surface area contributed by atoms with Crippen LogP contribution >= 0.6 is 0 Å². The Labute approximate surface area is 165 Å². The lowest BCUT2D eigenvalue weighted by Gasteiger charge is -2.21. The SMILES string of the molecule is CCC(=O)N1CCC(NC(=NC)NCC2CCN(c3ccc(F)c(F)c3)C2)C1. The Hall–Kier alpha value is -2.38. The van der Waals surface area contributed by atoms with E-state index in [2.05, 4.69) is 20.5 Å². The van der Waals surface area contributed by atoms with E-state index in [-0.39, 0.29) is 11.9 Å². The normalized spacial score (nSPS) is 22.6. The Morgan fingerprint density at radius 3 is 2.75 bits per heavy atom. The molecule has 8 heteroatoms. The summed E-state index contributed by atoms with van der Waals surface area (Å²) < 4.78 is 26.6. The standard InChI is InChI=1S/C20H29F2N5O/c1-3-19(28)27-9-7-15(13-27)25-20(23-2)24-11-14-6-8-26(12-14)16-4-5-17(21)18(22)10-16/h4-5,10,14-15H,3,6-9,11-13H2,1-2H3,(H2,23,24,25). The van der Waals surface area contributed by atoms with Gasteiger partial charge in [0, 0.05) is 64.0 Å². The van der Waals surface area contributed by atoms with E-state index in [0.717, 1.165) is 50.7 Å². The number of carbonyl (C=O) groups is 1. The summed E-state index contributed by atoms with van der Waals surface area (Å²) in [4.78, 5) is 20.1. The number of likely N-dealkylation sites (tertiary alicyclic amines) is 1. The molecular weight excluding hydrogens is 364 g/mol. The van der Waals surface area contributed by atoms with Gasteiger partial charge in [0.05, 0.1) is 0 Å². The zero-order chi connectivity index (χ0) is 20.1. The van der Waals surface area contributed by atoms with Crippen LogP contribution in [-0.4, -0.2) is 62.6 Å². The number of nitrogens with one attached hydrogen (secondary N) is 2. The van der Waals surface area contributed by atoms with Crippen molar-refractivity contribution in [2.75, 3.05) is 44.7 Å². The van der Waals surface area contributed by atoms with E-state index in [1.807, 2.05) is 11.8 Å². The summed E-state index contributed by atoms with van der Waals surface area (Å²) in [5.41, 5.74) is 0.718. The molecule has 2 atom stereocenters. The van der Waals surface area contributed by atoms with Crippen LogP contribution in [-0.2, 0) is 4.79 Å². The maximum atomic E-state index is 13.5. The van der Waals surface area contributed by atoms with E-state index < -0.39 is 11.6 Å². The maximum Gasteiger partial charge on any atom is 0.222 e. The fourth-order valence-corrected chi connectivity index (χ4v) is 3.87. The van der Waals surface area contributed by atoms with Gasteiger partial charge in [0.1, 0.15) is 0 Å². The number of benzene rings is 1. The first-order valence-electron chi connectivity index (χ1n) is 9.95. The third-order valence-corrected chi connectivity index (χ3v) is 5.52. The number of anilines is 1. The van der Waals surface area contributed by atoms with Crippen molar-refractivity contribution in [2.24, 2.45) is 10.9 Å². The van der Waals surface area contributed by atoms with E-state index in [9.17, 15) is 13.6 Å². The van der Waals surface area contributed by atoms with Crippen molar-refractivity contribution in [3.05, 3.63) is 29.8 Å². The molecule has 2 saturated heterocycles. The van der Waals surface area contributed by atoms with Crippen molar-refractivity contribution in [3.8, 4) is 0 Å². The number of amides is 1. The monoisotopic (exact) mass is 393 g/mol. The van der Waals surface area contributed by atoms with E-state index in [1.165, 1.54) is 12.1 Å². The molecular formula is C20H29F2N5O. The van der Waals surface area contributed by atoms with Crippen molar-refractivity contribution in [3.63, 3.8) is 0 Å². The lowest BCUT2D eigenvalue weighted by atomic mass is 10.1. The van der Waals surface area contributed by atoms with Gasteiger partial charge < -0.3 is 20.4 Å². The average molecular weight is 393 g/mol. The summed E-state index contributed by atoms with van der Waals surface area (Å²) in [5.74, 6) is -0.302. The molecule has 0 aliphatic carbocycles. The van der Waals surface area contributed by atoms with Gasteiger partial charge in [0.25, 0.3) is 0 Å². The lowest BCUT2D eigenvalue weighted by Crippen LogP contribution is -2.46. The average Bonchev–Trinajstić information content (AvgIpc) is 3.36. The van der Waals surface area contributed by atoms with Gasteiger partial charge >= 0.3 is 0 Å². The highest BCUT2D eigenvalue weighted by atomic mass is 19.2. The summed E-state index contributed by atoms with van der Waals surface area (Å²) in [6.45, 7) is 5.74. The van der Waals surface area contributed by atoms with Crippen LogP contribution in [0.3, 0.4) is 0 Å². The fraction of sp³-hybridized carbons (Fsp3) is 0.600. The predicted octanol–water partition coefficient (Wildman–Crippen LogP) is 1.97. The summed E-state index contributed by atoms with van der Waals surface area (Å²) >= 11 is 0. The quantitative estimate of drug-likeness (QED) is 0.593. The molecule has 1 amide bonds. The van der Waals surface area contributed by atoms with Crippen LogP contribution < -0.4 is 15.5 Å². The van der Waals surface area contributed by atoms with Crippen LogP contribution in [0.2, 0.25) is 0 Å². The highest BCUT2D eigenvalue weighted by Crippen LogP contribution is 2.25. The Balaban J connectivity index is 1.44. The molecule has 0 aromatic heterocycles. The molecule has 28 heavy (non-hydrogen) atoms. The number of aliphatic imine (C=N–C) groups is 1. The summed E-state index contributed by atoms with van der Waals surface area (Å²) in [5, 5.41) is 6.76. The Kier molecular flexibility index (Phi) is 6.70. The second-order valence-corrected chi connectivity index (χ2v) is 7.48. The van der Waals surface area contributed by atoms with Crippen LogP contribution in [0, 0.1) is 17.6 Å². The molecule has 1 aromatic carbocycles. The smallest absolute Gasteiger partial charge is 0.222 e. The highest BCUT2D eigenvalue weighted by Gasteiger charge is 2.27. The highest BCUT2D eigenvalue weighted by molar-refractivity contribution is 5.80. The molecule has 0 spiro atoms. The van der Waals surface area contributed by atoms with Crippen LogP contribution in [0.15, 0.2) is 23.2 Å². The summed E-state index contributed by atoms with van der Waals surface area (Å²) in [6.07, 6.45) is 2.43. The Bertz CT molecular complexity index is 727. The molecule has 1 aromatic rings.